The van der Waals surface area contributed by atoms with Crippen molar-refractivity contribution in [3.63, 3.8) is 0 Å². The fourth-order valence-electron chi connectivity index (χ4n) is 2.26. The molecule has 1 aromatic heterocycles. The van der Waals surface area contributed by atoms with Gasteiger partial charge in [-0.05, 0) is 38.0 Å². The molecule has 0 radical (unpaired) electrons. The molecule has 1 heterocycles. The summed E-state index contributed by atoms with van der Waals surface area (Å²) in [6.45, 7) is 7.02. The standard InChI is InChI=1S/C19H26ClN3O3/c1-4-14-7-5-6-8-16(14)25-12-15(24)11-21-19(2,3)13-26-18-10-9-17(20)22-23-18/h5-10,15,21,24H,4,11-13H2,1-3H3. The molecule has 26 heavy (non-hydrogen) atoms. The van der Waals surface area contributed by atoms with E-state index in [1.807, 2.05) is 38.1 Å². The molecular weight excluding hydrogens is 354 g/mol. The van der Waals surface area contributed by atoms with Crippen molar-refractivity contribution in [2.24, 2.45) is 0 Å². The number of benzene rings is 1. The maximum Gasteiger partial charge on any atom is 0.233 e. The number of β-amino-alcohol motifs (C(OH)–C–C–N with tert-alkyl or cyclic N) is 1. The van der Waals surface area contributed by atoms with Crippen LogP contribution in [0.15, 0.2) is 36.4 Å². The average Bonchev–Trinajstić information content (AvgIpc) is 2.64. The van der Waals surface area contributed by atoms with Crippen LogP contribution < -0.4 is 14.8 Å². The lowest BCUT2D eigenvalue weighted by Gasteiger charge is -2.27. The Hall–Kier alpha value is -1.89. The molecule has 0 amide bonds. The smallest absolute Gasteiger partial charge is 0.233 e. The second-order valence-corrected chi connectivity index (χ2v) is 7.06. The lowest BCUT2D eigenvalue weighted by Crippen LogP contribution is -2.48. The van der Waals surface area contributed by atoms with E-state index in [0.717, 1.165) is 17.7 Å². The number of para-hydroxylation sites is 1. The second-order valence-electron chi connectivity index (χ2n) is 6.67. The maximum absolute atomic E-state index is 10.2. The molecule has 0 aliphatic rings. The zero-order valence-corrected chi connectivity index (χ0v) is 16.2. The first-order chi connectivity index (χ1) is 12.4. The molecule has 0 fully saturated rings. The van der Waals surface area contributed by atoms with Crippen LogP contribution in [-0.4, -0.2) is 46.7 Å². The van der Waals surface area contributed by atoms with Gasteiger partial charge in [-0.15, -0.1) is 10.2 Å². The van der Waals surface area contributed by atoms with E-state index in [1.54, 1.807) is 12.1 Å². The molecule has 2 aromatic rings. The summed E-state index contributed by atoms with van der Waals surface area (Å²) in [5.41, 5.74) is 0.773. The van der Waals surface area contributed by atoms with E-state index in [0.29, 0.717) is 24.2 Å². The number of nitrogens with zero attached hydrogens (tertiary/aromatic N) is 2. The lowest BCUT2D eigenvalue weighted by molar-refractivity contribution is 0.0919. The molecule has 0 spiro atoms. The van der Waals surface area contributed by atoms with Crippen LogP contribution in [0.5, 0.6) is 11.6 Å². The van der Waals surface area contributed by atoms with Gasteiger partial charge in [-0.2, -0.15) is 0 Å². The first-order valence-electron chi connectivity index (χ1n) is 8.65. The van der Waals surface area contributed by atoms with Crippen LogP contribution in [-0.2, 0) is 6.42 Å². The van der Waals surface area contributed by atoms with Crippen molar-refractivity contribution in [1.29, 1.82) is 0 Å². The first-order valence-corrected chi connectivity index (χ1v) is 9.03. The number of hydrogen-bond acceptors (Lipinski definition) is 6. The van der Waals surface area contributed by atoms with Gasteiger partial charge in [-0.1, -0.05) is 36.7 Å². The summed E-state index contributed by atoms with van der Waals surface area (Å²) in [6, 6.07) is 11.2. The van der Waals surface area contributed by atoms with Crippen LogP contribution in [0.25, 0.3) is 0 Å². The fourth-order valence-corrected chi connectivity index (χ4v) is 2.36. The maximum atomic E-state index is 10.2. The quantitative estimate of drug-likeness (QED) is 0.661. The Labute approximate surface area is 159 Å². The third-order valence-electron chi connectivity index (χ3n) is 3.79. The minimum Gasteiger partial charge on any atom is -0.491 e. The number of ether oxygens (including phenoxy) is 2. The number of aromatic nitrogens is 2. The topological polar surface area (TPSA) is 76.5 Å². The Morgan fingerprint density at radius 3 is 2.62 bits per heavy atom. The summed E-state index contributed by atoms with van der Waals surface area (Å²) in [6.07, 6.45) is 0.261. The van der Waals surface area contributed by atoms with Crippen molar-refractivity contribution in [1.82, 2.24) is 15.5 Å². The highest BCUT2D eigenvalue weighted by Gasteiger charge is 2.20. The number of halogens is 1. The molecule has 1 atom stereocenters. The van der Waals surface area contributed by atoms with Crippen LogP contribution >= 0.6 is 11.6 Å². The fraction of sp³-hybridized carbons (Fsp3) is 0.474. The Morgan fingerprint density at radius 1 is 1.15 bits per heavy atom. The third-order valence-corrected chi connectivity index (χ3v) is 3.99. The van der Waals surface area contributed by atoms with Gasteiger partial charge in [0.15, 0.2) is 5.15 Å². The number of aryl methyl sites for hydroxylation is 1. The Bertz CT molecular complexity index is 680. The van der Waals surface area contributed by atoms with Gasteiger partial charge >= 0.3 is 0 Å². The summed E-state index contributed by atoms with van der Waals surface area (Å²) < 4.78 is 11.4. The highest BCUT2D eigenvalue weighted by Crippen LogP contribution is 2.18. The number of rotatable bonds is 10. The Balaban J connectivity index is 1.74. The van der Waals surface area contributed by atoms with E-state index >= 15 is 0 Å². The van der Waals surface area contributed by atoms with Gasteiger partial charge in [0, 0.05) is 18.2 Å². The number of aliphatic hydroxyl groups excluding tert-OH is 1. The van der Waals surface area contributed by atoms with E-state index < -0.39 is 6.10 Å². The predicted molar refractivity (Wildman–Crippen MR) is 102 cm³/mol. The van der Waals surface area contributed by atoms with Crippen molar-refractivity contribution in [3.05, 3.63) is 47.1 Å². The van der Waals surface area contributed by atoms with E-state index in [2.05, 4.69) is 22.4 Å². The van der Waals surface area contributed by atoms with E-state index in [9.17, 15) is 5.11 Å². The van der Waals surface area contributed by atoms with Crippen LogP contribution in [0, 0.1) is 0 Å². The molecule has 0 bridgehead atoms. The van der Waals surface area contributed by atoms with Crippen LogP contribution in [0.2, 0.25) is 5.15 Å². The number of nitrogens with one attached hydrogen (secondary N) is 1. The monoisotopic (exact) mass is 379 g/mol. The summed E-state index contributed by atoms with van der Waals surface area (Å²) in [4.78, 5) is 0. The Kier molecular flexibility index (Phi) is 7.63. The molecule has 1 aromatic carbocycles. The average molecular weight is 380 g/mol. The van der Waals surface area contributed by atoms with Crippen molar-refractivity contribution in [2.75, 3.05) is 19.8 Å². The minimum atomic E-state index is -0.630. The molecule has 1 unspecified atom stereocenters. The van der Waals surface area contributed by atoms with E-state index in [-0.39, 0.29) is 12.1 Å². The first kappa shape index (κ1) is 20.4. The third kappa shape index (κ3) is 6.78. The molecule has 2 N–H and O–H groups in total. The predicted octanol–water partition coefficient (Wildman–Crippen LogP) is 2.88. The van der Waals surface area contributed by atoms with Gasteiger partial charge in [-0.3, -0.25) is 0 Å². The molecule has 142 valence electrons. The Morgan fingerprint density at radius 2 is 1.92 bits per heavy atom. The zero-order valence-electron chi connectivity index (χ0n) is 15.4. The normalized spacial score (nSPS) is 12.7. The minimum absolute atomic E-state index is 0.226. The van der Waals surface area contributed by atoms with Crippen LogP contribution in [0.1, 0.15) is 26.3 Å². The van der Waals surface area contributed by atoms with Crippen LogP contribution in [0.4, 0.5) is 0 Å². The number of aliphatic hydroxyl groups is 1. The second kappa shape index (κ2) is 9.71. The molecule has 0 saturated carbocycles. The largest absolute Gasteiger partial charge is 0.491 e. The molecule has 0 aliphatic heterocycles. The molecule has 6 nitrogen and oxygen atoms in total. The van der Waals surface area contributed by atoms with Gasteiger partial charge in [-0.25, -0.2) is 0 Å². The highest BCUT2D eigenvalue weighted by atomic mass is 35.5. The van der Waals surface area contributed by atoms with Gasteiger partial charge in [0.1, 0.15) is 25.1 Å². The SMILES string of the molecule is CCc1ccccc1OCC(O)CNC(C)(C)COc1ccc(Cl)nn1. The van der Waals surface area contributed by atoms with Crippen molar-refractivity contribution in [3.8, 4) is 11.6 Å². The summed E-state index contributed by atoms with van der Waals surface area (Å²) in [7, 11) is 0. The van der Waals surface area contributed by atoms with Crippen molar-refractivity contribution in [2.45, 2.75) is 38.8 Å². The molecular formula is C19H26ClN3O3. The van der Waals surface area contributed by atoms with Crippen molar-refractivity contribution >= 4 is 11.6 Å². The van der Waals surface area contributed by atoms with Gasteiger partial charge in [0.05, 0.1) is 0 Å². The van der Waals surface area contributed by atoms with Crippen LogP contribution in [0.3, 0.4) is 0 Å². The van der Waals surface area contributed by atoms with Gasteiger partial charge < -0.3 is 19.9 Å². The zero-order chi connectivity index (χ0) is 19.0. The lowest BCUT2D eigenvalue weighted by atomic mass is 10.1. The molecule has 0 aliphatic carbocycles. The molecule has 7 heteroatoms. The molecule has 0 saturated heterocycles. The van der Waals surface area contributed by atoms with Gasteiger partial charge in [0.2, 0.25) is 5.88 Å². The van der Waals surface area contributed by atoms with Gasteiger partial charge in [0.25, 0.3) is 0 Å². The van der Waals surface area contributed by atoms with E-state index in [1.165, 1.54) is 0 Å². The summed E-state index contributed by atoms with van der Waals surface area (Å²) >= 11 is 5.70. The van der Waals surface area contributed by atoms with Crippen molar-refractivity contribution < 1.29 is 14.6 Å². The molecule has 2 rings (SSSR count). The highest BCUT2D eigenvalue weighted by molar-refractivity contribution is 6.29. The number of hydrogen-bond donors (Lipinski definition) is 2. The summed E-state index contributed by atoms with van der Waals surface area (Å²) in [5.74, 6) is 1.22. The van der Waals surface area contributed by atoms with E-state index in [4.69, 9.17) is 21.1 Å². The summed E-state index contributed by atoms with van der Waals surface area (Å²) in [5, 5.41) is 21.4.